The summed E-state index contributed by atoms with van der Waals surface area (Å²) in [7, 11) is 3.76. The van der Waals surface area contributed by atoms with E-state index in [4.69, 9.17) is 0 Å². The van der Waals surface area contributed by atoms with Gasteiger partial charge in [-0.1, -0.05) is 19.9 Å². The number of H-pyrrole nitrogens is 1. The molecule has 2 aromatic carbocycles. The molecule has 0 unspecified atom stereocenters. The van der Waals surface area contributed by atoms with E-state index >= 15 is 0 Å². The molecule has 2 amide bonds. The number of carbonyl (C=O) groups is 2. The Kier molecular flexibility index (Phi) is 5.93. The first-order chi connectivity index (χ1) is 17.2. The van der Waals surface area contributed by atoms with E-state index in [1.54, 1.807) is 24.5 Å². The maximum atomic E-state index is 13.3. The molecule has 3 heterocycles. The van der Waals surface area contributed by atoms with Gasteiger partial charge in [0.25, 0.3) is 5.91 Å². The van der Waals surface area contributed by atoms with Crippen LogP contribution in [0.25, 0.3) is 10.9 Å². The quantitative estimate of drug-likeness (QED) is 0.381. The highest BCUT2D eigenvalue weighted by molar-refractivity contribution is 6.08. The van der Waals surface area contributed by atoms with Gasteiger partial charge < -0.3 is 20.4 Å². The van der Waals surface area contributed by atoms with E-state index in [1.807, 2.05) is 60.3 Å². The van der Waals surface area contributed by atoms with Gasteiger partial charge in [0.2, 0.25) is 5.91 Å². The highest BCUT2D eigenvalue weighted by atomic mass is 16.2. The van der Waals surface area contributed by atoms with E-state index in [0.717, 1.165) is 27.8 Å². The lowest BCUT2D eigenvalue weighted by atomic mass is 9.87. The highest BCUT2D eigenvalue weighted by Crippen LogP contribution is 2.42. The molecule has 0 radical (unpaired) electrons. The number of pyridine rings is 1. The zero-order chi connectivity index (χ0) is 25.4. The van der Waals surface area contributed by atoms with Gasteiger partial charge in [-0.05, 0) is 62.1 Å². The largest absolute Gasteiger partial charge is 0.340 e. The van der Waals surface area contributed by atoms with Crippen LogP contribution in [0.15, 0.2) is 60.9 Å². The topological polar surface area (TPSA) is 106 Å². The molecular weight excluding hydrogens is 454 g/mol. The number of nitrogens with one attached hydrogen (secondary N) is 3. The summed E-state index contributed by atoms with van der Waals surface area (Å²) in [4.78, 5) is 34.3. The van der Waals surface area contributed by atoms with Crippen LogP contribution in [0.1, 0.15) is 29.8 Å². The van der Waals surface area contributed by atoms with Crippen molar-refractivity contribution >= 4 is 45.6 Å². The third kappa shape index (κ3) is 4.52. The lowest BCUT2D eigenvalue weighted by Gasteiger charge is -2.22. The zero-order valence-corrected chi connectivity index (χ0v) is 20.8. The first kappa shape index (κ1) is 23.5. The molecule has 0 atom stereocenters. The minimum absolute atomic E-state index is 0.0308. The van der Waals surface area contributed by atoms with Gasteiger partial charge in [0.1, 0.15) is 5.82 Å². The zero-order valence-electron chi connectivity index (χ0n) is 20.8. The number of amides is 2. The molecular formula is C27H29N7O2. The summed E-state index contributed by atoms with van der Waals surface area (Å²) >= 11 is 0. The summed E-state index contributed by atoms with van der Waals surface area (Å²) in [5.74, 6) is 0.179. The Morgan fingerprint density at radius 3 is 2.72 bits per heavy atom. The van der Waals surface area contributed by atoms with E-state index < -0.39 is 0 Å². The minimum Gasteiger partial charge on any atom is -0.340 e. The molecule has 1 aliphatic heterocycles. The van der Waals surface area contributed by atoms with Crippen molar-refractivity contribution in [1.82, 2.24) is 20.1 Å². The van der Waals surface area contributed by atoms with Crippen LogP contribution in [-0.4, -0.2) is 59.1 Å². The third-order valence-electron chi connectivity index (χ3n) is 6.34. The predicted octanol–water partition coefficient (Wildman–Crippen LogP) is 4.14. The van der Waals surface area contributed by atoms with E-state index in [9.17, 15) is 9.59 Å². The predicted molar refractivity (Wildman–Crippen MR) is 142 cm³/mol. The summed E-state index contributed by atoms with van der Waals surface area (Å²) in [6.07, 6.45) is 3.39. The van der Waals surface area contributed by atoms with Crippen LogP contribution in [0.4, 0.5) is 22.9 Å². The highest BCUT2D eigenvalue weighted by Gasteiger charge is 2.38. The lowest BCUT2D eigenvalue weighted by Crippen LogP contribution is -2.39. The number of rotatable bonds is 6. The van der Waals surface area contributed by atoms with E-state index in [-0.39, 0.29) is 17.2 Å². The number of hydrogen-bond donors (Lipinski definition) is 3. The summed E-state index contributed by atoms with van der Waals surface area (Å²) in [5.41, 5.74) is 4.45. The number of aromatic nitrogens is 3. The molecule has 0 aliphatic carbocycles. The number of aromatic amines is 1. The molecule has 0 bridgehead atoms. The van der Waals surface area contributed by atoms with E-state index in [1.165, 1.54) is 0 Å². The first-order valence-electron chi connectivity index (χ1n) is 11.8. The Hall–Kier alpha value is -4.24. The standard InChI is InChI=1S/C27H29N7O2/c1-27(2)16-34(24(35)15-33(3)4)23-13-19(9-10-21(23)27)31-26(36)20-6-5-11-28-25(20)30-18-8-7-17-14-29-32-22(17)12-18/h5-14H,15-16H2,1-4H3,(H,28,30)(H,29,32)(H,31,36). The Morgan fingerprint density at radius 1 is 1.11 bits per heavy atom. The number of likely N-dealkylation sites (N-methyl/N-ethyl adjacent to an activating group) is 1. The molecule has 5 rings (SSSR count). The molecule has 0 spiro atoms. The summed E-state index contributed by atoms with van der Waals surface area (Å²) in [5, 5.41) is 14.2. The van der Waals surface area contributed by atoms with Crippen LogP contribution in [0.3, 0.4) is 0 Å². The Bertz CT molecular complexity index is 1460. The molecule has 184 valence electrons. The van der Waals surface area contributed by atoms with Gasteiger partial charge in [0.05, 0.1) is 23.8 Å². The Labute approximate surface area is 209 Å². The molecule has 4 aromatic rings. The fraction of sp³-hybridized carbons (Fsp3) is 0.259. The van der Waals surface area contributed by atoms with Gasteiger partial charge in [0.15, 0.2) is 0 Å². The van der Waals surface area contributed by atoms with Crippen LogP contribution < -0.4 is 15.5 Å². The van der Waals surface area contributed by atoms with Crippen molar-refractivity contribution in [3.63, 3.8) is 0 Å². The molecule has 3 N–H and O–H groups in total. The van der Waals surface area contributed by atoms with Gasteiger partial charge >= 0.3 is 0 Å². The Morgan fingerprint density at radius 2 is 1.92 bits per heavy atom. The maximum absolute atomic E-state index is 13.3. The minimum atomic E-state index is -0.295. The van der Waals surface area contributed by atoms with Crippen LogP contribution >= 0.6 is 0 Å². The number of anilines is 4. The van der Waals surface area contributed by atoms with Gasteiger partial charge in [-0.3, -0.25) is 14.7 Å². The number of fused-ring (bicyclic) bond motifs is 2. The smallest absolute Gasteiger partial charge is 0.259 e. The molecule has 9 heteroatoms. The average molecular weight is 484 g/mol. The van der Waals surface area contributed by atoms with Crippen molar-refractivity contribution in [2.24, 2.45) is 0 Å². The normalized spacial score (nSPS) is 14.2. The molecule has 1 aliphatic rings. The van der Waals surface area contributed by atoms with Gasteiger partial charge in [-0.25, -0.2) is 4.98 Å². The second kappa shape index (κ2) is 9.09. The Balaban J connectivity index is 1.39. The second-order valence-corrected chi connectivity index (χ2v) is 9.98. The summed E-state index contributed by atoms with van der Waals surface area (Å²) < 4.78 is 0. The molecule has 2 aromatic heterocycles. The van der Waals surface area contributed by atoms with Crippen molar-refractivity contribution in [2.45, 2.75) is 19.3 Å². The van der Waals surface area contributed by atoms with Crippen LogP contribution in [0.2, 0.25) is 0 Å². The molecule has 0 fully saturated rings. The maximum Gasteiger partial charge on any atom is 0.259 e. The van der Waals surface area contributed by atoms with E-state index in [0.29, 0.717) is 30.2 Å². The molecule has 9 nitrogen and oxygen atoms in total. The number of hydrogen-bond acceptors (Lipinski definition) is 6. The van der Waals surface area contributed by atoms with Crippen molar-refractivity contribution in [3.8, 4) is 0 Å². The van der Waals surface area contributed by atoms with Crippen LogP contribution in [-0.2, 0) is 10.2 Å². The fourth-order valence-electron chi connectivity index (χ4n) is 4.59. The third-order valence-corrected chi connectivity index (χ3v) is 6.34. The molecule has 36 heavy (non-hydrogen) atoms. The monoisotopic (exact) mass is 483 g/mol. The molecule has 0 saturated carbocycles. The van der Waals surface area contributed by atoms with Crippen molar-refractivity contribution < 1.29 is 9.59 Å². The molecule has 0 saturated heterocycles. The summed E-state index contributed by atoms with van der Waals surface area (Å²) in [6, 6.07) is 15.0. The van der Waals surface area contributed by atoms with Gasteiger partial charge in [0, 0.05) is 40.6 Å². The van der Waals surface area contributed by atoms with Gasteiger partial charge in [-0.15, -0.1) is 0 Å². The first-order valence-corrected chi connectivity index (χ1v) is 11.8. The van der Waals surface area contributed by atoms with E-state index in [2.05, 4.69) is 39.7 Å². The van der Waals surface area contributed by atoms with Crippen molar-refractivity contribution in [1.29, 1.82) is 0 Å². The number of benzene rings is 2. The fourth-order valence-corrected chi connectivity index (χ4v) is 4.59. The van der Waals surface area contributed by atoms with Crippen LogP contribution in [0, 0.1) is 0 Å². The van der Waals surface area contributed by atoms with Gasteiger partial charge in [-0.2, -0.15) is 5.10 Å². The lowest BCUT2D eigenvalue weighted by molar-refractivity contribution is -0.119. The van der Waals surface area contributed by atoms with Crippen LogP contribution in [0.5, 0.6) is 0 Å². The number of carbonyl (C=O) groups excluding carboxylic acids is 2. The second-order valence-electron chi connectivity index (χ2n) is 9.98. The summed E-state index contributed by atoms with van der Waals surface area (Å²) in [6.45, 7) is 5.17. The SMILES string of the molecule is CN(C)CC(=O)N1CC(C)(C)c2ccc(NC(=O)c3cccnc3Nc3ccc4cn[nH]c4c3)cc21. The van der Waals surface area contributed by atoms with Crippen molar-refractivity contribution in [3.05, 3.63) is 72.1 Å². The average Bonchev–Trinajstić information content (AvgIpc) is 3.40. The van der Waals surface area contributed by atoms with Crippen molar-refractivity contribution in [2.75, 3.05) is 42.7 Å². The number of nitrogens with zero attached hydrogens (tertiary/aromatic N) is 4.